The zero-order valence-corrected chi connectivity index (χ0v) is 15.2. The highest BCUT2D eigenvalue weighted by Gasteiger charge is 2.12. The predicted octanol–water partition coefficient (Wildman–Crippen LogP) is 4.30. The maximum absolute atomic E-state index is 12.3. The van der Waals surface area contributed by atoms with E-state index in [-0.39, 0.29) is 5.91 Å². The van der Waals surface area contributed by atoms with Gasteiger partial charge in [-0.1, -0.05) is 17.4 Å². The van der Waals surface area contributed by atoms with Gasteiger partial charge >= 0.3 is 0 Å². The molecule has 3 rings (SSSR count). The Kier molecular flexibility index (Phi) is 4.46. The summed E-state index contributed by atoms with van der Waals surface area (Å²) in [5.74, 6) is 0.576. The van der Waals surface area contributed by atoms with E-state index in [1.807, 2.05) is 35.8 Å². The summed E-state index contributed by atoms with van der Waals surface area (Å²) in [4.78, 5) is 17.9. The van der Waals surface area contributed by atoms with Gasteiger partial charge in [0.25, 0.3) is 5.91 Å². The first-order valence-corrected chi connectivity index (χ1v) is 9.07. The molecule has 2 aromatic heterocycles. The number of nitrogens with zero attached hydrogens (tertiary/aromatic N) is 2. The van der Waals surface area contributed by atoms with E-state index in [0.29, 0.717) is 9.68 Å². The van der Waals surface area contributed by atoms with Gasteiger partial charge in [0, 0.05) is 6.54 Å². The number of fused-ring (bicyclic) bond motifs is 1. The van der Waals surface area contributed by atoms with Crippen LogP contribution in [-0.4, -0.2) is 17.6 Å². The van der Waals surface area contributed by atoms with Crippen molar-refractivity contribution in [3.63, 3.8) is 0 Å². The van der Waals surface area contributed by atoms with Crippen LogP contribution >= 0.6 is 38.6 Å². The molecule has 0 fully saturated rings. The van der Waals surface area contributed by atoms with Gasteiger partial charge in [-0.2, -0.15) is 4.99 Å². The average Bonchev–Trinajstić information content (AvgIpc) is 3.09. The smallest absolute Gasteiger partial charge is 0.289 e. The zero-order chi connectivity index (χ0) is 15.7. The van der Waals surface area contributed by atoms with Gasteiger partial charge in [-0.05, 0) is 47.1 Å². The number of amides is 1. The van der Waals surface area contributed by atoms with Gasteiger partial charge in [0.05, 0.1) is 20.5 Å². The van der Waals surface area contributed by atoms with Crippen LogP contribution in [-0.2, 0) is 6.54 Å². The summed E-state index contributed by atoms with van der Waals surface area (Å²) >= 11 is 6.25. The minimum atomic E-state index is -0.219. The molecular weight excluding hydrogens is 384 g/mol. The first kappa shape index (κ1) is 15.5. The third-order valence-electron chi connectivity index (χ3n) is 3.18. The number of thiophene rings is 1. The number of benzene rings is 1. The van der Waals surface area contributed by atoms with Crippen molar-refractivity contribution in [3.05, 3.63) is 43.8 Å². The molecule has 0 atom stereocenters. The van der Waals surface area contributed by atoms with E-state index < -0.39 is 0 Å². The summed E-state index contributed by atoms with van der Waals surface area (Å²) in [6, 6.07) is 9.52. The third-order valence-corrected chi connectivity index (χ3v) is 5.84. The molecule has 0 bridgehead atoms. The summed E-state index contributed by atoms with van der Waals surface area (Å²) in [5.41, 5.74) is 0.983. The summed E-state index contributed by atoms with van der Waals surface area (Å²) in [7, 11) is 1.65. The van der Waals surface area contributed by atoms with Crippen molar-refractivity contribution in [2.24, 2.45) is 4.99 Å². The fourth-order valence-corrected chi connectivity index (χ4v) is 4.59. The van der Waals surface area contributed by atoms with Gasteiger partial charge in [0.15, 0.2) is 4.80 Å². The van der Waals surface area contributed by atoms with Crippen LogP contribution in [0.25, 0.3) is 10.2 Å². The van der Waals surface area contributed by atoms with Crippen molar-refractivity contribution in [3.8, 4) is 5.75 Å². The molecule has 4 nitrogen and oxygen atoms in total. The number of thiazole rings is 1. The van der Waals surface area contributed by atoms with Crippen molar-refractivity contribution >= 4 is 54.7 Å². The largest absolute Gasteiger partial charge is 0.495 e. The lowest BCUT2D eigenvalue weighted by Crippen LogP contribution is -2.15. The van der Waals surface area contributed by atoms with E-state index in [9.17, 15) is 4.79 Å². The molecule has 0 radical (unpaired) electrons. The Morgan fingerprint density at radius 2 is 2.14 bits per heavy atom. The molecule has 3 aromatic rings. The van der Waals surface area contributed by atoms with Gasteiger partial charge in [0.1, 0.15) is 11.3 Å². The van der Waals surface area contributed by atoms with Gasteiger partial charge in [-0.25, -0.2) is 0 Å². The Hall–Kier alpha value is -1.44. The van der Waals surface area contributed by atoms with Crippen LogP contribution in [0.15, 0.2) is 39.1 Å². The molecular formula is C15H13BrN2O2S2. The maximum atomic E-state index is 12.3. The number of carbonyl (C=O) groups is 1. The van der Waals surface area contributed by atoms with E-state index in [1.54, 1.807) is 13.2 Å². The van der Waals surface area contributed by atoms with Crippen LogP contribution in [0.5, 0.6) is 5.75 Å². The Balaban J connectivity index is 2.18. The topological polar surface area (TPSA) is 43.6 Å². The molecule has 0 saturated carbocycles. The average molecular weight is 397 g/mol. The van der Waals surface area contributed by atoms with Gasteiger partial charge in [-0.15, -0.1) is 11.3 Å². The number of hydrogen-bond donors (Lipinski definition) is 0. The highest BCUT2D eigenvalue weighted by atomic mass is 79.9. The SMILES string of the molecule is CCn1c(=NC(=O)c2ccc(Br)s2)sc2cccc(OC)c21. The number of methoxy groups -OCH3 is 1. The fraction of sp³-hybridized carbons (Fsp3) is 0.200. The molecule has 0 aliphatic carbocycles. The summed E-state index contributed by atoms with van der Waals surface area (Å²) in [6.45, 7) is 2.75. The lowest BCUT2D eigenvalue weighted by molar-refractivity contribution is 0.100. The molecule has 22 heavy (non-hydrogen) atoms. The molecule has 0 saturated heterocycles. The van der Waals surface area contributed by atoms with Crippen LogP contribution in [0.2, 0.25) is 0 Å². The van der Waals surface area contributed by atoms with E-state index in [4.69, 9.17) is 4.74 Å². The lowest BCUT2D eigenvalue weighted by atomic mass is 10.3. The van der Waals surface area contributed by atoms with Crippen molar-refractivity contribution < 1.29 is 9.53 Å². The minimum absolute atomic E-state index is 0.219. The van der Waals surface area contributed by atoms with Crippen molar-refractivity contribution in [1.82, 2.24) is 4.57 Å². The van der Waals surface area contributed by atoms with Crippen LogP contribution in [0.3, 0.4) is 0 Å². The Bertz CT molecular complexity index is 908. The number of para-hydroxylation sites is 1. The summed E-state index contributed by atoms with van der Waals surface area (Å²) in [5, 5.41) is 0. The zero-order valence-electron chi connectivity index (χ0n) is 12.0. The van der Waals surface area contributed by atoms with Gasteiger partial charge in [0.2, 0.25) is 0 Å². The third kappa shape index (κ3) is 2.76. The molecule has 1 amide bonds. The molecule has 7 heteroatoms. The summed E-state index contributed by atoms with van der Waals surface area (Å²) < 4.78 is 9.42. The van der Waals surface area contributed by atoms with Gasteiger partial charge < -0.3 is 9.30 Å². The normalized spacial score (nSPS) is 12.0. The number of aryl methyl sites for hydroxylation is 1. The highest BCUT2D eigenvalue weighted by molar-refractivity contribution is 9.11. The fourth-order valence-electron chi connectivity index (χ4n) is 2.21. The van der Waals surface area contributed by atoms with Crippen molar-refractivity contribution in [2.45, 2.75) is 13.5 Å². The molecule has 2 heterocycles. The molecule has 0 aliphatic rings. The quantitative estimate of drug-likeness (QED) is 0.662. The minimum Gasteiger partial charge on any atom is -0.495 e. The number of carbonyl (C=O) groups excluding carboxylic acids is 1. The van der Waals surface area contributed by atoms with Crippen molar-refractivity contribution in [1.29, 1.82) is 0 Å². The Morgan fingerprint density at radius 1 is 1.32 bits per heavy atom. The molecule has 0 aliphatic heterocycles. The molecule has 0 unspecified atom stereocenters. The van der Waals surface area contributed by atoms with Crippen LogP contribution in [0.1, 0.15) is 16.6 Å². The Morgan fingerprint density at radius 3 is 2.77 bits per heavy atom. The van der Waals surface area contributed by atoms with Crippen LogP contribution < -0.4 is 9.54 Å². The predicted molar refractivity (Wildman–Crippen MR) is 94.0 cm³/mol. The van der Waals surface area contributed by atoms with Crippen molar-refractivity contribution in [2.75, 3.05) is 7.11 Å². The van der Waals surface area contributed by atoms with E-state index in [0.717, 1.165) is 26.3 Å². The second-order valence-corrected chi connectivity index (χ2v) is 7.93. The second-order valence-electron chi connectivity index (χ2n) is 4.46. The number of aromatic nitrogens is 1. The van der Waals surface area contributed by atoms with E-state index >= 15 is 0 Å². The number of rotatable bonds is 3. The first-order valence-electron chi connectivity index (χ1n) is 6.64. The highest BCUT2D eigenvalue weighted by Crippen LogP contribution is 2.27. The number of hydrogen-bond acceptors (Lipinski definition) is 4. The standard InChI is InChI=1S/C15H13BrN2O2S2/c1-3-18-13-9(20-2)5-4-6-10(13)22-15(18)17-14(19)11-7-8-12(16)21-11/h4-8H,3H2,1-2H3. The van der Waals surface area contributed by atoms with E-state index in [2.05, 4.69) is 20.9 Å². The monoisotopic (exact) mass is 396 g/mol. The number of ether oxygens (including phenoxy) is 1. The molecule has 0 N–H and O–H groups in total. The molecule has 114 valence electrons. The maximum Gasteiger partial charge on any atom is 0.289 e. The molecule has 0 spiro atoms. The first-order chi connectivity index (χ1) is 10.6. The van der Waals surface area contributed by atoms with Crippen LogP contribution in [0, 0.1) is 0 Å². The Labute approximate surface area is 143 Å². The van der Waals surface area contributed by atoms with Gasteiger partial charge in [-0.3, -0.25) is 4.79 Å². The lowest BCUT2D eigenvalue weighted by Gasteiger charge is -2.05. The summed E-state index contributed by atoms with van der Waals surface area (Å²) in [6.07, 6.45) is 0. The molecule has 1 aromatic carbocycles. The number of halogens is 1. The van der Waals surface area contributed by atoms with E-state index in [1.165, 1.54) is 22.7 Å². The van der Waals surface area contributed by atoms with Crippen LogP contribution in [0.4, 0.5) is 0 Å². The second kappa shape index (κ2) is 6.36.